The topological polar surface area (TPSA) is 29.5 Å². The number of hydrogen-bond acceptors (Lipinski definition) is 3. The first kappa shape index (κ1) is 37.3. The van der Waals surface area contributed by atoms with Gasteiger partial charge in [0.1, 0.15) is 22.3 Å². The molecule has 0 atom stereocenters. The number of benzene rings is 11. The van der Waals surface area contributed by atoms with Crippen LogP contribution >= 0.6 is 0 Å². The second-order valence-electron chi connectivity index (χ2n) is 18.3. The van der Waals surface area contributed by atoms with Crippen LogP contribution in [0.25, 0.3) is 99.2 Å². The summed E-state index contributed by atoms with van der Waals surface area (Å²) in [6.07, 6.45) is 0. The second kappa shape index (κ2) is 14.0. The Labute approximate surface area is 392 Å². The maximum Gasteiger partial charge on any atom is 0.143 e. The van der Waals surface area contributed by atoms with E-state index >= 15 is 0 Å². The zero-order valence-electron chi connectivity index (χ0n) is 36.8. The predicted molar refractivity (Wildman–Crippen MR) is 280 cm³/mol. The molecule has 0 unspecified atom stereocenters. The molecule has 13 aromatic rings. The van der Waals surface area contributed by atoms with Crippen LogP contribution in [0, 0.1) is 0 Å². The maximum atomic E-state index is 6.91. The smallest absolute Gasteiger partial charge is 0.143 e. The molecule has 2 aromatic heterocycles. The Morgan fingerprint density at radius 1 is 0.294 bits per heavy atom. The molecule has 3 heteroatoms. The average Bonchev–Trinajstić information content (AvgIpc) is 4.13. The van der Waals surface area contributed by atoms with Gasteiger partial charge >= 0.3 is 0 Å². The van der Waals surface area contributed by atoms with Crippen molar-refractivity contribution >= 4 is 71.7 Å². The molecule has 2 aliphatic rings. The molecule has 0 radical (unpaired) electrons. The third-order valence-corrected chi connectivity index (χ3v) is 14.9. The zero-order valence-corrected chi connectivity index (χ0v) is 36.8. The Morgan fingerprint density at radius 3 is 1.59 bits per heavy atom. The van der Waals surface area contributed by atoms with Gasteiger partial charge in [0, 0.05) is 44.0 Å². The predicted octanol–water partition coefficient (Wildman–Crippen LogP) is 17.8. The normalized spacial score (nSPS) is 13.1. The molecule has 0 aliphatic heterocycles. The van der Waals surface area contributed by atoms with Crippen LogP contribution in [0.5, 0.6) is 0 Å². The van der Waals surface area contributed by atoms with Crippen molar-refractivity contribution in [2.45, 2.75) is 5.41 Å². The van der Waals surface area contributed by atoms with Crippen molar-refractivity contribution in [3.8, 4) is 44.5 Å². The van der Waals surface area contributed by atoms with Gasteiger partial charge in [-0.25, -0.2) is 0 Å². The minimum Gasteiger partial charge on any atom is -0.456 e. The number of rotatable bonds is 5. The van der Waals surface area contributed by atoms with Crippen LogP contribution < -0.4 is 4.90 Å². The van der Waals surface area contributed by atoms with Crippen LogP contribution in [0.15, 0.2) is 245 Å². The minimum absolute atomic E-state index is 0.483. The van der Waals surface area contributed by atoms with Gasteiger partial charge in [-0.2, -0.15) is 0 Å². The van der Waals surface area contributed by atoms with E-state index in [1.54, 1.807) is 0 Å². The first-order valence-electron chi connectivity index (χ1n) is 23.4. The molecule has 0 amide bonds. The van der Waals surface area contributed by atoms with Gasteiger partial charge in [-0.3, -0.25) is 0 Å². The van der Waals surface area contributed by atoms with Crippen LogP contribution in [0.2, 0.25) is 0 Å². The Hall–Kier alpha value is -8.92. The van der Waals surface area contributed by atoms with E-state index in [1.165, 1.54) is 49.9 Å². The lowest BCUT2D eigenvalue weighted by Gasteiger charge is -2.32. The monoisotopic (exact) mass is 865 g/mol. The highest BCUT2D eigenvalue weighted by atomic mass is 16.3. The molecule has 316 valence electrons. The van der Waals surface area contributed by atoms with Crippen molar-refractivity contribution in [2.75, 3.05) is 4.90 Å². The van der Waals surface area contributed by atoms with Crippen LogP contribution in [-0.2, 0) is 5.41 Å². The molecular formula is C65H39NO2. The number of fused-ring (bicyclic) bond motifs is 17. The summed E-state index contributed by atoms with van der Waals surface area (Å²) in [6, 6.07) is 86.4. The molecule has 3 nitrogen and oxygen atoms in total. The number of nitrogens with zero attached hydrogens (tertiary/aromatic N) is 1. The molecule has 0 N–H and O–H groups in total. The number of para-hydroxylation sites is 3. The van der Waals surface area contributed by atoms with Crippen molar-refractivity contribution in [1.82, 2.24) is 0 Å². The fourth-order valence-corrected chi connectivity index (χ4v) is 11.9. The van der Waals surface area contributed by atoms with E-state index in [0.717, 1.165) is 88.6 Å². The Balaban J connectivity index is 0.954. The molecule has 2 aliphatic carbocycles. The molecule has 0 fully saturated rings. The Kier molecular flexibility index (Phi) is 7.71. The van der Waals surface area contributed by atoms with Gasteiger partial charge in [-0.15, -0.1) is 0 Å². The van der Waals surface area contributed by atoms with Crippen molar-refractivity contribution in [3.05, 3.63) is 259 Å². The summed E-state index contributed by atoms with van der Waals surface area (Å²) in [4.78, 5) is 2.45. The summed E-state index contributed by atoms with van der Waals surface area (Å²) < 4.78 is 13.3. The highest BCUT2D eigenvalue weighted by molar-refractivity contribution is 6.14. The van der Waals surface area contributed by atoms with E-state index in [2.05, 4.69) is 229 Å². The number of anilines is 3. The summed E-state index contributed by atoms with van der Waals surface area (Å²) >= 11 is 0. The third kappa shape index (κ3) is 5.13. The zero-order chi connectivity index (χ0) is 44.5. The minimum atomic E-state index is -0.483. The van der Waals surface area contributed by atoms with E-state index in [4.69, 9.17) is 8.83 Å². The molecule has 0 saturated carbocycles. The van der Waals surface area contributed by atoms with Crippen LogP contribution in [0.1, 0.15) is 22.3 Å². The van der Waals surface area contributed by atoms with Gasteiger partial charge in [0.25, 0.3) is 0 Å². The summed E-state index contributed by atoms with van der Waals surface area (Å²) in [6.45, 7) is 0. The number of hydrogen-bond donors (Lipinski definition) is 0. The van der Waals surface area contributed by atoms with Crippen LogP contribution in [0.4, 0.5) is 17.1 Å². The van der Waals surface area contributed by atoms with Gasteiger partial charge in [0.05, 0.1) is 11.1 Å². The second-order valence-corrected chi connectivity index (χ2v) is 18.3. The van der Waals surface area contributed by atoms with Gasteiger partial charge < -0.3 is 13.7 Å². The SMILES string of the molecule is c1ccc(N(c2ccc(-c3ccc4c(c3)oc3ccccc34)cc2)c2ccc3c(c2)C2(c4ccccc4-c4ccccc42)c2ccccc2-3)c(-c2cccc3c2oc2cc4ccccc4cc23)c1. The van der Waals surface area contributed by atoms with E-state index in [1.807, 2.05) is 12.1 Å². The molecule has 11 aromatic carbocycles. The lowest BCUT2D eigenvalue weighted by molar-refractivity contribution is 0.669. The number of furan rings is 2. The van der Waals surface area contributed by atoms with E-state index in [-0.39, 0.29) is 0 Å². The Morgan fingerprint density at radius 2 is 0.838 bits per heavy atom. The quantitative estimate of drug-likeness (QED) is 0.173. The van der Waals surface area contributed by atoms with Gasteiger partial charge in [0.2, 0.25) is 0 Å². The van der Waals surface area contributed by atoms with Crippen LogP contribution in [0.3, 0.4) is 0 Å². The molecule has 1 spiro atoms. The largest absolute Gasteiger partial charge is 0.456 e. The van der Waals surface area contributed by atoms with Crippen molar-refractivity contribution in [2.24, 2.45) is 0 Å². The molecule has 68 heavy (non-hydrogen) atoms. The molecule has 2 heterocycles. The van der Waals surface area contributed by atoms with Gasteiger partial charge in [-0.05, 0) is 127 Å². The molecular weight excluding hydrogens is 827 g/mol. The molecule has 15 rings (SSSR count). The summed E-state index contributed by atoms with van der Waals surface area (Å²) in [7, 11) is 0. The van der Waals surface area contributed by atoms with Crippen molar-refractivity contribution in [1.29, 1.82) is 0 Å². The van der Waals surface area contributed by atoms with E-state index in [9.17, 15) is 0 Å². The fraction of sp³-hybridized carbons (Fsp3) is 0.0154. The van der Waals surface area contributed by atoms with Gasteiger partial charge in [-0.1, -0.05) is 176 Å². The van der Waals surface area contributed by atoms with Crippen molar-refractivity contribution < 1.29 is 8.83 Å². The van der Waals surface area contributed by atoms with Gasteiger partial charge in [0.15, 0.2) is 0 Å². The van der Waals surface area contributed by atoms with E-state index in [0.29, 0.717) is 0 Å². The maximum absolute atomic E-state index is 6.91. The van der Waals surface area contributed by atoms with Crippen molar-refractivity contribution in [3.63, 3.8) is 0 Å². The summed E-state index contributed by atoms with van der Waals surface area (Å²) in [5.74, 6) is 0. The average molecular weight is 866 g/mol. The first-order valence-corrected chi connectivity index (χ1v) is 23.4. The molecule has 0 bridgehead atoms. The highest BCUT2D eigenvalue weighted by Crippen LogP contribution is 2.63. The first-order chi connectivity index (χ1) is 33.7. The Bertz CT molecular complexity index is 4160. The fourth-order valence-electron chi connectivity index (χ4n) is 11.9. The third-order valence-electron chi connectivity index (χ3n) is 14.9. The lowest BCUT2D eigenvalue weighted by atomic mass is 9.70. The summed E-state index contributed by atoms with van der Waals surface area (Å²) in [5.41, 5.74) is 21.0. The standard InChI is InChI=1S/C65H39NO2/c1-2-15-42-37-63-55(36-41(42)14-1)54-22-13-21-53(64(54)68-63)50-19-6-11-26-60(50)66(44-31-28-40(29-32-44)43-30-34-52-51-20-7-12-27-61(51)67-62(52)38-43)45-33-35-49-48-18-5-10-25-58(48)65(59(49)39-45)56-23-8-3-16-46(56)47-17-4-9-24-57(47)65/h1-39H. The van der Waals surface area contributed by atoms with E-state index < -0.39 is 5.41 Å². The van der Waals surface area contributed by atoms with Crippen LogP contribution in [-0.4, -0.2) is 0 Å². The molecule has 0 saturated heterocycles. The highest BCUT2D eigenvalue weighted by Gasteiger charge is 2.51. The lowest BCUT2D eigenvalue weighted by Crippen LogP contribution is -2.26. The summed E-state index contributed by atoms with van der Waals surface area (Å²) in [5, 5.41) is 6.84.